The van der Waals surface area contributed by atoms with Crippen molar-refractivity contribution < 1.29 is 4.74 Å². The summed E-state index contributed by atoms with van der Waals surface area (Å²) in [5, 5.41) is 0. The molecule has 0 bridgehead atoms. The summed E-state index contributed by atoms with van der Waals surface area (Å²) in [6.45, 7) is 6.00. The summed E-state index contributed by atoms with van der Waals surface area (Å²) < 4.78 is 5.49. The molecule has 0 unspecified atom stereocenters. The molecule has 1 heteroatoms. The van der Waals surface area contributed by atoms with E-state index in [1.165, 1.54) is 11.1 Å². The van der Waals surface area contributed by atoms with Crippen LogP contribution in [0.25, 0.3) is 0 Å². The Morgan fingerprint density at radius 2 is 1.93 bits per heavy atom. The lowest BCUT2D eigenvalue weighted by Gasteiger charge is -2.42. The van der Waals surface area contributed by atoms with E-state index in [-0.39, 0.29) is 0 Å². The number of hydrogen-bond donors (Lipinski definition) is 0. The molecule has 0 amide bonds. The minimum Gasteiger partial charge on any atom is -0.380 e. The van der Waals surface area contributed by atoms with Crippen molar-refractivity contribution >= 4 is 0 Å². The molecular formula is C13H14O. The normalized spacial score (nSPS) is 35.1. The van der Waals surface area contributed by atoms with Crippen LogP contribution in [-0.2, 0) is 4.74 Å². The summed E-state index contributed by atoms with van der Waals surface area (Å²) in [5.74, 6) is 1.90. The van der Waals surface area contributed by atoms with E-state index in [1.807, 2.05) is 0 Å². The summed E-state index contributed by atoms with van der Waals surface area (Å²) in [4.78, 5) is 0. The fourth-order valence-electron chi connectivity index (χ4n) is 2.79. The zero-order chi connectivity index (χ0) is 9.54. The highest BCUT2D eigenvalue weighted by Crippen LogP contribution is 2.53. The molecule has 1 aromatic rings. The smallest absolute Gasteiger partial charge is 0.0535 e. The minimum atomic E-state index is 0.559. The van der Waals surface area contributed by atoms with E-state index in [0.29, 0.717) is 17.8 Å². The first-order valence-electron chi connectivity index (χ1n) is 5.19. The Labute approximate surface area is 84.4 Å². The second-order valence-electron chi connectivity index (χ2n) is 4.27. The summed E-state index contributed by atoms with van der Waals surface area (Å²) in [6.07, 6.45) is 0. The van der Waals surface area contributed by atoms with Crippen LogP contribution in [0.15, 0.2) is 42.5 Å². The second-order valence-corrected chi connectivity index (χ2v) is 4.27. The number of hydrogen-bond acceptors (Lipinski definition) is 1. The van der Waals surface area contributed by atoms with Gasteiger partial charge in [0.05, 0.1) is 13.2 Å². The van der Waals surface area contributed by atoms with Gasteiger partial charge in [-0.15, -0.1) is 0 Å². The van der Waals surface area contributed by atoms with E-state index in [9.17, 15) is 0 Å². The van der Waals surface area contributed by atoms with Crippen LogP contribution in [0, 0.1) is 11.8 Å². The Kier molecular flexibility index (Phi) is 1.74. The predicted molar refractivity (Wildman–Crippen MR) is 56.1 cm³/mol. The van der Waals surface area contributed by atoms with Crippen LogP contribution in [0.5, 0.6) is 0 Å². The first-order chi connectivity index (χ1) is 6.88. The van der Waals surface area contributed by atoms with Gasteiger partial charge in [0, 0.05) is 17.8 Å². The summed E-state index contributed by atoms with van der Waals surface area (Å²) in [6, 6.07) is 10.7. The van der Waals surface area contributed by atoms with Crippen LogP contribution in [0.4, 0.5) is 0 Å². The summed E-state index contributed by atoms with van der Waals surface area (Å²) in [7, 11) is 0. The van der Waals surface area contributed by atoms with Crippen molar-refractivity contribution in [2.75, 3.05) is 13.2 Å². The van der Waals surface area contributed by atoms with E-state index >= 15 is 0 Å². The standard InChI is InChI=1S/C13H14O/c1-9-11-7-14-8-12(11)13(9)10-5-3-2-4-6-10/h2-6,11-13H,1,7-8H2/t11-,12-,13+/m0/s1. The van der Waals surface area contributed by atoms with Crippen molar-refractivity contribution in [2.24, 2.45) is 11.8 Å². The molecule has 1 nitrogen and oxygen atoms in total. The Hall–Kier alpha value is -1.08. The van der Waals surface area contributed by atoms with Crippen molar-refractivity contribution in [1.82, 2.24) is 0 Å². The molecule has 3 atom stereocenters. The number of ether oxygens (including phenoxy) is 1. The van der Waals surface area contributed by atoms with Gasteiger partial charge in [0.2, 0.25) is 0 Å². The molecule has 0 radical (unpaired) electrons. The Bertz CT molecular complexity index is 355. The summed E-state index contributed by atoms with van der Waals surface area (Å²) >= 11 is 0. The Morgan fingerprint density at radius 1 is 1.14 bits per heavy atom. The van der Waals surface area contributed by atoms with Crippen molar-refractivity contribution in [3.05, 3.63) is 48.0 Å². The van der Waals surface area contributed by atoms with Gasteiger partial charge in [0.1, 0.15) is 0 Å². The van der Waals surface area contributed by atoms with Gasteiger partial charge in [-0.2, -0.15) is 0 Å². The predicted octanol–water partition coefficient (Wildman–Crippen LogP) is 2.60. The zero-order valence-corrected chi connectivity index (χ0v) is 8.15. The van der Waals surface area contributed by atoms with Crippen molar-refractivity contribution in [1.29, 1.82) is 0 Å². The van der Waals surface area contributed by atoms with E-state index in [4.69, 9.17) is 4.74 Å². The molecule has 2 fully saturated rings. The maximum absolute atomic E-state index is 5.49. The lowest BCUT2D eigenvalue weighted by Crippen LogP contribution is -2.36. The Morgan fingerprint density at radius 3 is 2.71 bits per heavy atom. The third-order valence-electron chi connectivity index (χ3n) is 3.59. The lowest BCUT2D eigenvalue weighted by molar-refractivity contribution is 0.186. The van der Waals surface area contributed by atoms with Gasteiger partial charge in [-0.3, -0.25) is 0 Å². The fourth-order valence-corrected chi connectivity index (χ4v) is 2.79. The van der Waals surface area contributed by atoms with Crippen LogP contribution in [-0.4, -0.2) is 13.2 Å². The third kappa shape index (κ3) is 0.992. The molecule has 1 saturated carbocycles. The molecule has 1 heterocycles. The maximum Gasteiger partial charge on any atom is 0.0535 e. The average molecular weight is 186 g/mol. The molecule has 0 spiro atoms. The monoisotopic (exact) mass is 186 g/mol. The maximum atomic E-state index is 5.49. The zero-order valence-electron chi connectivity index (χ0n) is 8.15. The largest absolute Gasteiger partial charge is 0.380 e. The van der Waals surface area contributed by atoms with Crippen molar-refractivity contribution in [3.8, 4) is 0 Å². The highest BCUT2D eigenvalue weighted by molar-refractivity contribution is 5.38. The lowest BCUT2D eigenvalue weighted by atomic mass is 9.60. The summed E-state index contributed by atoms with van der Waals surface area (Å²) in [5.41, 5.74) is 2.78. The molecule has 3 rings (SSSR count). The van der Waals surface area contributed by atoms with Crippen molar-refractivity contribution in [3.63, 3.8) is 0 Å². The van der Waals surface area contributed by atoms with Gasteiger partial charge >= 0.3 is 0 Å². The van der Waals surface area contributed by atoms with E-state index in [0.717, 1.165) is 13.2 Å². The minimum absolute atomic E-state index is 0.559. The molecule has 14 heavy (non-hydrogen) atoms. The van der Waals surface area contributed by atoms with Gasteiger partial charge < -0.3 is 4.74 Å². The molecule has 2 aliphatic rings. The highest BCUT2D eigenvalue weighted by Gasteiger charge is 2.48. The molecule has 1 aliphatic heterocycles. The van der Waals surface area contributed by atoms with Crippen molar-refractivity contribution in [2.45, 2.75) is 5.92 Å². The highest BCUT2D eigenvalue weighted by atomic mass is 16.5. The molecule has 1 saturated heterocycles. The van der Waals surface area contributed by atoms with E-state index < -0.39 is 0 Å². The molecule has 0 aromatic heterocycles. The van der Waals surface area contributed by atoms with Gasteiger partial charge in [0.25, 0.3) is 0 Å². The third-order valence-corrected chi connectivity index (χ3v) is 3.59. The van der Waals surface area contributed by atoms with Gasteiger partial charge in [-0.1, -0.05) is 42.5 Å². The fraction of sp³-hybridized carbons (Fsp3) is 0.385. The molecule has 1 aliphatic carbocycles. The quantitative estimate of drug-likeness (QED) is 0.612. The first-order valence-corrected chi connectivity index (χ1v) is 5.19. The van der Waals surface area contributed by atoms with Crippen LogP contribution in [0.1, 0.15) is 11.5 Å². The van der Waals surface area contributed by atoms with Crippen LogP contribution in [0.2, 0.25) is 0 Å². The molecular weight excluding hydrogens is 172 g/mol. The van der Waals surface area contributed by atoms with Gasteiger partial charge in [-0.05, 0) is 5.56 Å². The van der Waals surface area contributed by atoms with Gasteiger partial charge in [-0.25, -0.2) is 0 Å². The van der Waals surface area contributed by atoms with Crippen LogP contribution >= 0.6 is 0 Å². The van der Waals surface area contributed by atoms with Crippen LogP contribution in [0.3, 0.4) is 0 Å². The average Bonchev–Trinajstić information content (AvgIpc) is 2.63. The molecule has 72 valence electrons. The first kappa shape index (κ1) is 8.25. The van der Waals surface area contributed by atoms with Crippen LogP contribution < -0.4 is 0 Å². The SMILES string of the molecule is C=C1[C@H](c2ccccc2)[C@H]2COC[C@@H]12. The van der Waals surface area contributed by atoms with Gasteiger partial charge in [0.15, 0.2) is 0 Å². The Balaban J connectivity index is 1.90. The molecule has 1 aromatic carbocycles. The number of rotatable bonds is 1. The van der Waals surface area contributed by atoms with E-state index in [1.54, 1.807) is 0 Å². The number of benzene rings is 1. The number of fused-ring (bicyclic) bond motifs is 1. The topological polar surface area (TPSA) is 9.23 Å². The van der Waals surface area contributed by atoms with E-state index in [2.05, 4.69) is 36.9 Å². The molecule has 0 N–H and O–H groups in total. The second kappa shape index (κ2) is 2.96.